The van der Waals surface area contributed by atoms with Gasteiger partial charge in [0.25, 0.3) is 0 Å². The van der Waals surface area contributed by atoms with Gasteiger partial charge in [0.15, 0.2) is 5.17 Å². The van der Waals surface area contributed by atoms with Crippen LogP contribution in [0, 0.1) is 17.8 Å². The molecule has 1 fully saturated rings. The Morgan fingerprint density at radius 2 is 2.30 bits per heavy atom. The first kappa shape index (κ1) is 15.7. The fourth-order valence-corrected chi connectivity index (χ4v) is 3.76. The van der Waals surface area contributed by atoms with Crippen molar-refractivity contribution in [3.8, 4) is 0 Å². The number of rotatable bonds is 4. The highest BCUT2D eigenvalue weighted by atomic mass is 32.2. The predicted molar refractivity (Wildman–Crippen MR) is 84.0 cm³/mol. The van der Waals surface area contributed by atoms with E-state index in [-0.39, 0.29) is 12.1 Å². The molecule has 4 nitrogen and oxygen atoms in total. The van der Waals surface area contributed by atoms with Gasteiger partial charge in [0.1, 0.15) is 6.10 Å². The smallest absolute Gasteiger partial charge is 0.316 e. The van der Waals surface area contributed by atoms with Gasteiger partial charge in [0.2, 0.25) is 0 Å². The molecule has 5 heteroatoms. The number of nitrogens with one attached hydrogen (secondary N) is 1. The minimum Gasteiger partial charge on any atom is -0.461 e. The van der Waals surface area contributed by atoms with Crippen LogP contribution in [0.4, 0.5) is 0 Å². The van der Waals surface area contributed by atoms with Gasteiger partial charge in [-0.05, 0) is 30.6 Å². The quantitative estimate of drug-likeness (QED) is 0.811. The third kappa shape index (κ3) is 4.40. The topological polar surface area (TPSA) is 50.7 Å². The molecule has 0 aromatic carbocycles. The molecule has 0 saturated heterocycles. The van der Waals surface area contributed by atoms with Crippen LogP contribution >= 0.6 is 11.8 Å². The van der Waals surface area contributed by atoms with Crippen LogP contribution in [0.1, 0.15) is 40.0 Å². The number of thioether (sulfide) groups is 1. The molecule has 0 aromatic rings. The minimum absolute atomic E-state index is 0.101. The Balaban J connectivity index is 1.80. The molecule has 1 heterocycles. The van der Waals surface area contributed by atoms with E-state index < -0.39 is 0 Å². The second-order valence-corrected chi connectivity index (χ2v) is 7.22. The molecule has 3 unspecified atom stereocenters. The summed E-state index contributed by atoms with van der Waals surface area (Å²) in [6.45, 7) is 8.41. The largest absolute Gasteiger partial charge is 0.461 e. The van der Waals surface area contributed by atoms with Crippen molar-refractivity contribution < 1.29 is 9.53 Å². The number of aliphatic imine (C=N–C) groups is 1. The number of hydrogen-bond donors (Lipinski definition) is 1. The highest BCUT2D eigenvalue weighted by Gasteiger charge is 2.33. The van der Waals surface area contributed by atoms with E-state index in [1.807, 2.05) is 0 Å². The van der Waals surface area contributed by atoms with E-state index in [1.54, 1.807) is 0 Å². The van der Waals surface area contributed by atoms with Gasteiger partial charge in [-0.3, -0.25) is 9.79 Å². The van der Waals surface area contributed by atoms with Crippen molar-refractivity contribution in [2.45, 2.75) is 46.1 Å². The summed E-state index contributed by atoms with van der Waals surface area (Å²) in [4.78, 5) is 16.3. The molecule has 2 aliphatic rings. The van der Waals surface area contributed by atoms with Gasteiger partial charge in [0.05, 0.1) is 12.3 Å². The summed E-state index contributed by atoms with van der Waals surface area (Å²) in [5.41, 5.74) is 0. The Labute approximate surface area is 126 Å². The molecular weight excluding hydrogens is 272 g/mol. The fraction of sp³-hybridized carbons (Fsp3) is 0.867. The van der Waals surface area contributed by atoms with Crippen LogP contribution in [-0.4, -0.2) is 36.1 Å². The van der Waals surface area contributed by atoms with Gasteiger partial charge in [-0.25, -0.2) is 0 Å². The number of carbonyl (C=O) groups excluding carboxylic acids is 1. The summed E-state index contributed by atoms with van der Waals surface area (Å²) in [5, 5.41) is 4.03. The maximum absolute atomic E-state index is 12.0. The van der Waals surface area contributed by atoms with E-state index in [0.717, 1.165) is 24.7 Å². The molecule has 2 rings (SSSR count). The van der Waals surface area contributed by atoms with Crippen LogP contribution in [0.3, 0.4) is 0 Å². The molecule has 0 spiro atoms. The molecule has 3 atom stereocenters. The van der Waals surface area contributed by atoms with Crippen molar-refractivity contribution in [3.63, 3.8) is 0 Å². The molecule has 0 bridgehead atoms. The van der Waals surface area contributed by atoms with Crippen molar-refractivity contribution in [3.05, 3.63) is 0 Å². The summed E-state index contributed by atoms with van der Waals surface area (Å²) in [6, 6.07) is 0. The highest BCUT2D eigenvalue weighted by Crippen LogP contribution is 2.35. The van der Waals surface area contributed by atoms with Crippen LogP contribution < -0.4 is 5.32 Å². The maximum Gasteiger partial charge on any atom is 0.316 e. The second-order valence-electron chi connectivity index (χ2n) is 6.26. The summed E-state index contributed by atoms with van der Waals surface area (Å²) in [6.07, 6.45) is 3.55. The summed E-state index contributed by atoms with van der Waals surface area (Å²) in [7, 11) is 0. The number of amidine groups is 1. The Kier molecular flexibility index (Phi) is 5.75. The van der Waals surface area contributed by atoms with Crippen molar-refractivity contribution in [1.29, 1.82) is 0 Å². The molecule has 20 heavy (non-hydrogen) atoms. The van der Waals surface area contributed by atoms with Gasteiger partial charge in [-0.2, -0.15) is 0 Å². The summed E-state index contributed by atoms with van der Waals surface area (Å²) in [5.74, 6) is 2.02. The molecule has 1 aliphatic carbocycles. The monoisotopic (exact) mass is 298 g/mol. The number of hydrogen-bond acceptors (Lipinski definition) is 5. The number of ether oxygens (including phenoxy) is 1. The molecule has 114 valence electrons. The van der Waals surface area contributed by atoms with E-state index in [2.05, 4.69) is 31.1 Å². The molecule has 1 aliphatic heterocycles. The lowest BCUT2D eigenvalue weighted by Crippen LogP contribution is -2.36. The third-order valence-corrected chi connectivity index (χ3v) is 5.14. The first-order valence-corrected chi connectivity index (χ1v) is 8.65. The average Bonchev–Trinajstić information content (AvgIpc) is 2.89. The summed E-state index contributed by atoms with van der Waals surface area (Å²) < 4.78 is 5.75. The molecule has 0 radical (unpaired) electrons. The highest BCUT2D eigenvalue weighted by molar-refractivity contribution is 8.14. The van der Waals surface area contributed by atoms with Crippen LogP contribution in [-0.2, 0) is 9.53 Å². The van der Waals surface area contributed by atoms with Crippen LogP contribution in [0.5, 0.6) is 0 Å². The van der Waals surface area contributed by atoms with Crippen LogP contribution in [0.15, 0.2) is 4.99 Å². The molecular formula is C15H26N2O2S. The zero-order chi connectivity index (χ0) is 14.5. The normalized spacial score (nSPS) is 30.0. The zero-order valence-corrected chi connectivity index (χ0v) is 13.5. The van der Waals surface area contributed by atoms with Gasteiger partial charge >= 0.3 is 5.97 Å². The van der Waals surface area contributed by atoms with Gasteiger partial charge in [0, 0.05) is 6.54 Å². The van der Waals surface area contributed by atoms with Crippen molar-refractivity contribution in [2.75, 3.05) is 18.8 Å². The SMILES string of the molecule is CC1CCC(C(C)C)C(OC(=O)CSC2=NCCN2)C1. The lowest BCUT2D eigenvalue weighted by atomic mass is 9.75. The van der Waals surface area contributed by atoms with Gasteiger partial charge in [-0.15, -0.1) is 0 Å². The maximum atomic E-state index is 12.0. The van der Waals surface area contributed by atoms with E-state index in [9.17, 15) is 4.79 Å². The predicted octanol–water partition coefficient (Wildman–Crippen LogP) is 2.68. The van der Waals surface area contributed by atoms with Crippen molar-refractivity contribution in [1.82, 2.24) is 5.32 Å². The van der Waals surface area contributed by atoms with Gasteiger partial charge in [-0.1, -0.05) is 39.0 Å². The Hall–Kier alpha value is -0.710. The number of nitrogens with zero attached hydrogens (tertiary/aromatic N) is 1. The van der Waals surface area contributed by atoms with E-state index in [0.29, 0.717) is 23.5 Å². The fourth-order valence-electron chi connectivity index (χ4n) is 3.05. The Morgan fingerprint density at radius 3 is 2.95 bits per heavy atom. The van der Waals surface area contributed by atoms with Crippen LogP contribution in [0.25, 0.3) is 0 Å². The first-order chi connectivity index (χ1) is 9.56. The van der Waals surface area contributed by atoms with E-state index in [1.165, 1.54) is 24.6 Å². The molecule has 0 amide bonds. The zero-order valence-electron chi connectivity index (χ0n) is 12.7. The number of carbonyl (C=O) groups is 1. The third-order valence-electron chi connectivity index (χ3n) is 4.21. The average molecular weight is 298 g/mol. The molecule has 1 saturated carbocycles. The van der Waals surface area contributed by atoms with E-state index in [4.69, 9.17) is 4.74 Å². The van der Waals surface area contributed by atoms with Crippen molar-refractivity contribution >= 4 is 22.9 Å². The molecule has 1 N–H and O–H groups in total. The lowest BCUT2D eigenvalue weighted by molar-refractivity contribution is -0.152. The summed E-state index contributed by atoms with van der Waals surface area (Å²) >= 11 is 1.46. The first-order valence-electron chi connectivity index (χ1n) is 7.67. The van der Waals surface area contributed by atoms with E-state index >= 15 is 0 Å². The van der Waals surface area contributed by atoms with Gasteiger partial charge < -0.3 is 10.1 Å². The lowest BCUT2D eigenvalue weighted by Gasteiger charge is -2.36. The van der Waals surface area contributed by atoms with Crippen molar-refractivity contribution in [2.24, 2.45) is 22.7 Å². The minimum atomic E-state index is -0.101. The van der Waals surface area contributed by atoms with Crippen LogP contribution in [0.2, 0.25) is 0 Å². The molecule has 0 aromatic heterocycles. The Bertz CT molecular complexity index is 371. The number of esters is 1. The second kappa shape index (κ2) is 7.34. The Morgan fingerprint density at radius 1 is 1.50 bits per heavy atom. The standard InChI is InChI=1S/C15H26N2O2S/c1-10(2)12-5-4-11(3)8-13(12)19-14(18)9-20-15-16-6-7-17-15/h10-13H,4-9H2,1-3H3,(H,16,17).